The van der Waals surface area contributed by atoms with E-state index in [9.17, 15) is 18.0 Å². The summed E-state index contributed by atoms with van der Waals surface area (Å²) in [5.41, 5.74) is 0.601. The van der Waals surface area contributed by atoms with Gasteiger partial charge in [-0.25, -0.2) is 8.42 Å². The Morgan fingerprint density at radius 1 is 0.925 bits per heavy atom. The molecule has 2 amide bonds. The number of anilines is 1. The van der Waals surface area contributed by atoms with Crippen molar-refractivity contribution in [2.24, 2.45) is 0 Å². The lowest BCUT2D eigenvalue weighted by molar-refractivity contribution is -0.140. The fourth-order valence-corrected chi connectivity index (χ4v) is 6.11. The number of nitrogens with one attached hydrogen (secondary N) is 1. The number of ether oxygens (including phenoxy) is 2. The van der Waals surface area contributed by atoms with Gasteiger partial charge in [-0.05, 0) is 42.8 Å². The van der Waals surface area contributed by atoms with Gasteiger partial charge in [0, 0.05) is 35.3 Å². The first-order valence-corrected chi connectivity index (χ1v) is 14.5. The van der Waals surface area contributed by atoms with E-state index in [2.05, 4.69) is 5.32 Å². The first-order chi connectivity index (χ1) is 19.1. The quantitative estimate of drug-likeness (QED) is 0.318. The Morgan fingerprint density at radius 2 is 1.55 bits per heavy atom. The summed E-state index contributed by atoms with van der Waals surface area (Å²) in [6, 6.07) is 16.3. The van der Waals surface area contributed by atoms with Gasteiger partial charge in [0.2, 0.25) is 11.8 Å². The number of likely N-dealkylation sites (N-methyl/N-ethyl adjacent to an activating group) is 1. The van der Waals surface area contributed by atoms with Gasteiger partial charge in [0.15, 0.2) is 11.5 Å². The van der Waals surface area contributed by atoms with Gasteiger partial charge in [-0.15, -0.1) is 0 Å². The zero-order chi connectivity index (χ0) is 29.4. The van der Waals surface area contributed by atoms with E-state index >= 15 is 0 Å². The van der Waals surface area contributed by atoms with Crippen LogP contribution in [0.2, 0.25) is 10.0 Å². The summed E-state index contributed by atoms with van der Waals surface area (Å²) in [7, 11) is 0.109. The predicted molar refractivity (Wildman–Crippen MR) is 156 cm³/mol. The summed E-state index contributed by atoms with van der Waals surface area (Å²) < 4.78 is 39.5. The number of halogens is 2. The van der Waals surface area contributed by atoms with Gasteiger partial charge in [-0.1, -0.05) is 54.4 Å². The molecule has 0 radical (unpaired) electrons. The highest BCUT2D eigenvalue weighted by atomic mass is 35.5. The minimum atomic E-state index is -4.24. The van der Waals surface area contributed by atoms with Gasteiger partial charge in [0.1, 0.15) is 12.6 Å². The molecule has 0 aromatic heterocycles. The van der Waals surface area contributed by atoms with Crippen molar-refractivity contribution in [3.63, 3.8) is 0 Å². The monoisotopic (exact) mass is 607 g/mol. The highest BCUT2D eigenvalue weighted by Gasteiger charge is 2.34. The second kappa shape index (κ2) is 13.7. The highest BCUT2D eigenvalue weighted by Crippen LogP contribution is 2.34. The number of hydrogen-bond acceptors (Lipinski definition) is 6. The van der Waals surface area contributed by atoms with Crippen molar-refractivity contribution in [2.75, 3.05) is 32.1 Å². The van der Waals surface area contributed by atoms with E-state index in [0.29, 0.717) is 21.4 Å². The molecule has 40 heavy (non-hydrogen) atoms. The summed E-state index contributed by atoms with van der Waals surface area (Å²) in [6.45, 7) is 1.01. The average Bonchev–Trinajstić information content (AvgIpc) is 2.96. The van der Waals surface area contributed by atoms with E-state index in [4.69, 9.17) is 32.7 Å². The van der Waals surface area contributed by atoms with Gasteiger partial charge in [0.25, 0.3) is 10.0 Å². The number of methoxy groups -OCH3 is 2. The van der Waals surface area contributed by atoms with E-state index in [1.165, 1.54) is 50.4 Å². The van der Waals surface area contributed by atoms with Gasteiger partial charge in [-0.2, -0.15) is 0 Å². The minimum Gasteiger partial charge on any atom is -0.493 e. The van der Waals surface area contributed by atoms with Crippen LogP contribution in [0.4, 0.5) is 5.69 Å². The van der Waals surface area contributed by atoms with Crippen LogP contribution in [0.1, 0.15) is 18.9 Å². The van der Waals surface area contributed by atoms with Crippen molar-refractivity contribution in [2.45, 2.75) is 30.8 Å². The van der Waals surface area contributed by atoms with Crippen molar-refractivity contribution >= 4 is 50.7 Å². The standard InChI is InChI=1S/C28H31Cl2N3O6S/c1-5-24(28(35)31-2)32(17-21-22(29)12-9-13-23(21)30)27(34)18-33(40(36,37)20-10-7-6-8-11-20)19-14-15-25(38-3)26(16-19)39-4/h6-16,24H,5,17-18H2,1-4H3,(H,31,35)/t24-/m0/s1. The topological polar surface area (TPSA) is 105 Å². The molecule has 12 heteroatoms. The van der Waals surface area contributed by atoms with Gasteiger partial charge >= 0.3 is 0 Å². The number of hydrogen-bond donors (Lipinski definition) is 1. The highest BCUT2D eigenvalue weighted by molar-refractivity contribution is 7.92. The first kappa shape index (κ1) is 31.1. The Balaban J connectivity index is 2.14. The predicted octanol–water partition coefficient (Wildman–Crippen LogP) is 4.76. The molecule has 1 atom stereocenters. The molecular weight excluding hydrogens is 577 g/mol. The Hall–Kier alpha value is -3.47. The minimum absolute atomic E-state index is 0.0170. The second-order valence-electron chi connectivity index (χ2n) is 8.62. The van der Waals surface area contributed by atoms with Gasteiger partial charge in [-0.3, -0.25) is 13.9 Å². The Bertz CT molecular complexity index is 1430. The van der Waals surface area contributed by atoms with E-state index < -0.39 is 34.4 Å². The number of carbonyl (C=O) groups excluding carboxylic acids is 2. The molecule has 0 unspecified atom stereocenters. The van der Waals surface area contributed by atoms with E-state index in [1.54, 1.807) is 49.4 Å². The molecule has 0 aliphatic heterocycles. The fourth-order valence-electron chi connectivity index (χ4n) is 4.17. The molecule has 3 rings (SSSR count). The molecule has 3 aromatic rings. The van der Waals surface area contributed by atoms with Gasteiger partial charge in [0.05, 0.1) is 24.8 Å². The van der Waals surface area contributed by atoms with Crippen molar-refractivity contribution in [3.8, 4) is 11.5 Å². The maximum absolute atomic E-state index is 14.0. The zero-order valence-corrected chi connectivity index (χ0v) is 24.9. The number of benzene rings is 3. The molecule has 0 heterocycles. The van der Waals surface area contributed by atoms with Crippen molar-refractivity contribution in [3.05, 3.63) is 82.3 Å². The molecule has 214 valence electrons. The summed E-state index contributed by atoms with van der Waals surface area (Å²) in [5, 5.41) is 3.20. The molecule has 0 saturated heterocycles. The molecule has 0 bridgehead atoms. The molecule has 0 saturated carbocycles. The number of amides is 2. The lowest BCUT2D eigenvalue weighted by Crippen LogP contribution is -2.51. The van der Waals surface area contributed by atoms with Crippen LogP contribution in [0.3, 0.4) is 0 Å². The van der Waals surface area contributed by atoms with Crippen LogP contribution >= 0.6 is 23.2 Å². The maximum Gasteiger partial charge on any atom is 0.264 e. The molecule has 0 aliphatic carbocycles. The lowest BCUT2D eigenvalue weighted by atomic mass is 10.1. The third kappa shape index (κ3) is 6.80. The first-order valence-electron chi connectivity index (χ1n) is 12.3. The molecule has 0 spiro atoms. The van der Waals surface area contributed by atoms with Crippen molar-refractivity contribution in [1.29, 1.82) is 0 Å². The fraction of sp³-hybridized carbons (Fsp3) is 0.286. The molecule has 1 N–H and O–H groups in total. The Morgan fingerprint density at radius 3 is 2.10 bits per heavy atom. The third-order valence-corrected chi connectivity index (χ3v) is 8.78. The zero-order valence-electron chi connectivity index (χ0n) is 22.6. The van der Waals surface area contributed by atoms with Crippen molar-refractivity contribution < 1.29 is 27.5 Å². The van der Waals surface area contributed by atoms with Crippen LogP contribution in [0, 0.1) is 0 Å². The summed E-state index contributed by atoms with van der Waals surface area (Å²) in [5.74, 6) is -0.393. The van der Waals surface area contributed by atoms with E-state index in [0.717, 1.165) is 4.31 Å². The SMILES string of the molecule is CC[C@@H](C(=O)NC)N(Cc1c(Cl)cccc1Cl)C(=O)CN(c1ccc(OC)c(OC)c1)S(=O)(=O)c1ccccc1. The van der Waals surface area contributed by atoms with Crippen LogP contribution < -0.4 is 19.1 Å². The smallest absolute Gasteiger partial charge is 0.264 e. The maximum atomic E-state index is 14.0. The molecule has 0 fully saturated rings. The van der Waals surface area contributed by atoms with E-state index in [-0.39, 0.29) is 29.3 Å². The van der Waals surface area contributed by atoms with Gasteiger partial charge < -0.3 is 19.7 Å². The van der Waals surface area contributed by atoms with Crippen LogP contribution in [0.15, 0.2) is 71.6 Å². The normalized spacial score (nSPS) is 11.8. The molecule has 0 aliphatic rings. The van der Waals surface area contributed by atoms with Crippen LogP contribution in [0.5, 0.6) is 11.5 Å². The summed E-state index contributed by atoms with van der Waals surface area (Å²) in [4.78, 5) is 28.1. The van der Waals surface area contributed by atoms with Crippen LogP contribution in [-0.2, 0) is 26.2 Å². The summed E-state index contributed by atoms with van der Waals surface area (Å²) in [6.07, 6.45) is 0.259. The number of sulfonamides is 1. The number of rotatable bonds is 12. The van der Waals surface area contributed by atoms with E-state index in [1.807, 2.05) is 0 Å². The number of carbonyl (C=O) groups is 2. The van der Waals surface area contributed by atoms with Crippen LogP contribution in [0.25, 0.3) is 0 Å². The van der Waals surface area contributed by atoms with Crippen LogP contribution in [-0.4, -0.2) is 59.0 Å². The number of nitrogens with zero attached hydrogens (tertiary/aromatic N) is 2. The largest absolute Gasteiger partial charge is 0.493 e. The Labute approximate surface area is 244 Å². The summed E-state index contributed by atoms with van der Waals surface area (Å²) >= 11 is 12.8. The van der Waals surface area contributed by atoms with Crippen molar-refractivity contribution in [1.82, 2.24) is 10.2 Å². The average molecular weight is 609 g/mol. The second-order valence-corrected chi connectivity index (χ2v) is 11.3. The Kier molecular flexibility index (Phi) is 10.7. The molecular formula is C28H31Cl2N3O6S. The lowest BCUT2D eigenvalue weighted by Gasteiger charge is -2.33. The third-order valence-electron chi connectivity index (χ3n) is 6.29. The molecule has 3 aromatic carbocycles. The molecule has 9 nitrogen and oxygen atoms in total.